The van der Waals surface area contributed by atoms with Crippen molar-refractivity contribution in [1.29, 1.82) is 0 Å². The van der Waals surface area contributed by atoms with E-state index in [1.165, 1.54) is 0 Å². The molecule has 21 heavy (non-hydrogen) atoms. The molecule has 9 nitrogen and oxygen atoms in total. The lowest BCUT2D eigenvalue weighted by atomic mass is 10.1. The first kappa shape index (κ1) is 16.9. The summed E-state index contributed by atoms with van der Waals surface area (Å²) in [5.74, 6) is -0.494. The maximum Gasteiger partial charge on any atom is 0.266 e. The second kappa shape index (κ2) is 8.87. The molecule has 1 rings (SSSR count). The van der Waals surface area contributed by atoms with Crippen LogP contribution in [0.4, 0.5) is 0 Å². The molecule has 0 aliphatic rings. The van der Waals surface area contributed by atoms with Gasteiger partial charge in [0.1, 0.15) is 5.10 Å². The summed E-state index contributed by atoms with van der Waals surface area (Å²) in [6.45, 7) is 0.819. The second-order valence-electron chi connectivity index (χ2n) is 4.20. The molecule has 1 amide bonds. The quantitative estimate of drug-likeness (QED) is 0.168. The van der Waals surface area contributed by atoms with Crippen LogP contribution in [-0.2, 0) is 11.3 Å². The monoisotopic (exact) mass is 314 g/mol. The topological polar surface area (TPSA) is 149 Å². The molecule has 6 N–H and O–H groups in total. The number of hydrogen-bond donors (Lipinski definition) is 4. The first-order valence-electron chi connectivity index (χ1n) is 6.27. The van der Waals surface area contributed by atoms with E-state index in [-0.39, 0.29) is 11.9 Å². The van der Waals surface area contributed by atoms with Crippen molar-refractivity contribution in [3.8, 4) is 0 Å². The third-order valence-corrected chi connectivity index (χ3v) is 3.42. The Morgan fingerprint density at radius 2 is 2.29 bits per heavy atom. The van der Waals surface area contributed by atoms with Crippen LogP contribution in [-0.4, -0.2) is 29.5 Å². The Hall–Kier alpha value is -2.20. The number of amides is 1. The molecular weight excluding hydrogens is 296 g/mol. The maximum atomic E-state index is 11.7. The molecule has 10 heteroatoms. The summed E-state index contributed by atoms with van der Waals surface area (Å²) in [6.07, 6.45) is 0.983. The highest BCUT2D eigenvalue weighted by atomic mass is 32.1. The molecule has 1 aromatic heterocycles. The van der Waals surface area contributed by atoms with E-state index in [9.17, 15) is 14.9 Å². The predicted molar refractivity (Wildman–Crippen MR) is 80.0 cm³/mol. The Bertz CT molecular complexity index is 490. The SMILES string of the molecule is N/C(=N/[N+](=O)[O-])NCCC[C@@H](N)C(=O)NCc1cccs1. The average Bonchev–Trinajstić information content (AvgIpc) is 2.93. The fourth-order valence-corrected chi connectivity index (χ4v) is 2.16. The number of hydrazone groups is 1. The van der Waals surface area contributed by atoms with Gasteiger partial charge in [0.25, 0.3) is 5.96 Å². The highest BCUT2D eigenvalue weighted by Gasteiger charge is 2.12. The van der Waals surface area contributed by atoms with E-state index in [1.807, 2.05) is 17.5 Å². The van der Waals surface area contributed by atoms with Crippen LogP contribution in [0.1, 0.15) is 17.7 Å². The Labute approximate surface area is 125 Å². The number of nitrogens with one attached hydrogen (secondary N) is 2. The van der Waals surface area contributed by atoms with Crippen molar-refractivity contribution in [3.63, 3.8) is 0 Å². The third-order valence-electron chi connectivity index (χ3n) is 2.54. The summed E-state index contributed by atoms with van der Waals surface area (Å²) in [6, 6.07) is 3.22. The van der Waals surface area contributed by atoms with Crippen molar-refractivity contribution in [2.24, 2.45) is 16.6 Å². The van der Waals surface area contributed by atoms with Gasteiger partial charge in [-0.15, -0.1) is 11.3 Å². The van der Waals surface area contributed by atoms with Gasteiger partial charge in [0, 0.05) is 11.4 Å². The van der Waals surface area contributed by atoms with Crippen molar-refractivity contribution in [2.75, 3.05) is 6.54 Å². The number of guanidine groups is 1. The Morgan fingerprint density at radius 3 is 2.90 bits per heavy atom. The van der Waals surface area contributed by atoms with Gasteiger partial charge in [-0.1, -0.05) is 6.07 Å². The normalized spacial score (nSPS) is 12.7. The fraction of sp³-hybridized carbons (Fsp3) is 0.455. The van der Waals surface area contributed by atoms with E-state index in [0.29, 0.717) is 25.9 Å². The summed E-state index contributed by atoms with van der Waals surface area (Å²) in [7, 11) is 0. The lowest BCUT2D eigenvalue weighted by molar-refractivity contribution is -0.485. The number of carbonyl (C=O) groups excluding carboxylic acids is 1. The zero-order valence-electron chi connectivity index (χ0n) is 11.3. The molecule has 0 radical (unpaired) electrons. The van der Waals surface area contributed by atoms with Gasteiger partial charge >= 0.3 is 0 Å². The van der Waals surface area contributed by atoms with E-state index in [1.54, 1.807) is 11.3 Å². The van der Waals surface area contributed by atoms with Crippen LogP contribution in [0, 0.1) is 10.1 Å². The summed E-state index contributed by atoms with van der Waals surface area (Å²) >= 11 is 1.56. The van der Waals surface area contributed by atoms with Crippen LogP contribution in [0.3, 0.4) is 0 Å². The minimum atomic E-state index is -0.883. The highest BCUT2D eigenvalue weighted by Crippen LogP contribution is 2.07. The average molecular weight is 314 g/mol. The molecule has 0 unspecified atom stereocenters. The molecular formula is C11H18N6O3S. The summed E-state index contributed by atoms with van der Waals surface area (Å²) in [5.41, 5.74) is 11.0. The number of hydrogen-bond acceptors (Lipinski definition) is 5. The molecule has 0 bridgehead atoms. The van der Waals surface area contributed by atoms with E-state index < -0.39 is 11.1 Å². The first-order valence-corrected chi connectivity index (χ1v) is 7.15. The number of nitro groups is 1. The van der Waals surface area contributed by atoms with Gasteiger partial charge in [-0.2, -0.15) is 0 Å². The maximum absolute atomic E-state index is 11.7. The van der Waals surface area contributed by atoms with E-state index >= 15 is 0 Å². The minimum Gasteiger partial charge on any atom is -0.365 e. The summed E-state index contributed by atoms with van der Waals surface area (Å²) < 4.78 is 0. The van der Waals surface area contributed by atoms with Crippen molar-refractivity contribution >= 4 is 23.2 Å². The third kappa shape index (κ3) is 7.22. The van der Waals surface area contributed by atoms with Crippen LogP contribution in [0.5, 0.6) is 0 Å². The molecule has 0 aliphatic carbocycles. The fourth-order valence-electron chi connectivity index (χ4n) is 1.51. The van der Waals surface area contributed by atoms with Gasteiger partial charge in [0.15, 0.2) is 5.03 Å². The zero-order valence-corrected chi connectivity index (χ0v) is 12.1. The molecule has 0 aliphatic heterocycles. The van der Waals surface area contributed by atoms with Crippen molar-refractivity contribution in [3.05, 3.63) is 32.5 Å². The molecule has 0 saturated heterocycles. The van der Waals surface area contributed by atoms with E-state index in [0.717, 1.165) is 4.88 Å². The Morgan fingerprint density at radius 1 is 1.52 bits per heavy atom. The lowest BCUT2D eigenvalue weighted by Gasteiger charge is -2.11. The molecule has 0 aromatic carbocycles. The molecule has 1 heterocycles. The molecule has 1 aromatic rings. The first-order chi connectivity index (χ1) is 9.99. The number of carbonyl (C=O) groups is 1. The number of nitrogens with zero attached hydrogens (tertiary/aromatic N) is 2. The predicted octanol–water partition coefficient (Wildman–Crippen LogP) is -0.432. The Kier molecular flexibility index (Phi) is 7.12. The highest BCUT2D eigenvalue weighted by molar-refractivity contribution is 7.09. The van der Waals surface area contributed by atoms with Crippen molar-refractivity contribution in [1.82, 2.24) is 10.6 Å². The number of nitrogens with two attached hydrogens (primary N) is 2. The largest absolute Gasteiger partial charge is 0.365 e. The molecule has 0 spiro atoms. The zero-order chi connectivity index (χ0) is 15.7. The minimum absolute atomic E-state index is 0.227. The summed E-state index contributed by atoms with van der Waals surface area (Å²) in [5, 5.41) is 19.3. The van der Waals surface area contributed by atoms with Crippen molar-refractivity contribution < 1.29 is 9.83 Å². The Balaban J connectivity index is 2.16. The van der Waals surface area contributed by atoms with Crippen molar-refractivity contribution in [2.45, 2.75) is 25.4 Å². The summed E-state index contributed by atoms with van der Waals surface area (Å²) in [4.78, 5) is 22.8. The molecule has 1 atom stereocenters. The van der Waals surface area contributed by atoms with Crippen LogP contribution >= 0.6 is 11.3 Å². The van der Waals surface area contributed by atoms with Crippen LogP contribution < -0.4 is 22.1 Å². The number of thiophene rings is 1. The van der Waals surface area contributed by atoms with Crippen LogP contribution in [0.15, 0.2) is 22.6 Å². The van der Waals surface area contributed by atoms with Crippen LogP contribution in [0.25, 0.3) is 0 Å². The van der Waals surface area contributed by atoms with Gasteiger partial charge in [0.05, 0.1) is 12.6 Å². The number of rotatable bonds is 8. The molecule has 116 valence electrons. The van der Waals surface area contributed by atoms with Gasteiger partial charge in [-0.25, -0.2) is 10.1 Å². The van der Waals surface area contributed by atoms with Crippen LogP contribution in [0.2, 0.25) is 0 Å². The van der Waals surface area contributed by atoms with Gasteiger partial charge in [-0.3, -0.25) is 4.79 Å². The smallest absolute Gasteiger partial charge is 0.266 e. The van der Waals surface area contributed by atoms with Gasteiger partial charge < -0.3 is 22.1 Å². The van der Waals surface area contributed by atoms with Gasteiger partial charge in [-0.05, 0) is 24.3 Å². The standard InChI is InChI=1S/C11H18N6O3S/c12-9(4-1-5-14-11(13)16-17(19)20)10(18)15-7-8-3-2-6-21-8/h2-3,6,9H,1,4-5,7,12H2,(H,15,18)(H3,13,14,16)/t9-/m1/s1. The molecule has 0 saturated carbocycles. The van der Waals surface area contributed by atoms with Gasteiger partial charge in [0.2, 0.25) is 5.91 Å². The second-order valence-corrected chi connectivity index (χ2v) is 5.23. The molecule has 0 fully saturated rings. The lowest BCUT2D eigenvalue weighted by Crippen LogP contribution is -2.41. The van der Waals surface area contributed by atoms with E-state index in [4.69, 9.17) is 11.5 Å². The van der Waals surface area contributed by atoms with E-state index in [2.05, 4.69) is 15.7 Å².